The summed E-state index contributed by atoms with van der Waals surface area (Å²) >= 11 is 5.81. The molecular formula is C10H6ClNO. The Bertz CT molecular complexity index is 390. The van der Waals surface area contributed by atoms with E-state index >= 15 is 0 Å². The van der Waals surface area contributed by atoms with Crippen LogP contribution in [0.4, 0.5) is 0 Å². The Kier molecular flexibility index (Phi) is 3.24. The van der Waals surface area contributed by atoms with E-state index in [-0.39, 0.29) is 0 Å². The molecule has 64 valence electrons. The van der Waals surface area contributed by atoms with Crippen molar-refractivity contribution in [1.82, 2.24) is 0 Å². The average molecular weight is 192 g/mol. The molecule has 0 aliphatic carbocycles. The van der Waals surface area contributed by atoms with Gasteiger partial charge in [0.1, 0.15) is 6.29 Å². The number of hydrogen-bond acceptors (Lipinski definition) is 2. The molecule has 0 fully saturated rings. The van der Waals surface area contributed by atoms with E-state index in [1.54, 1.807) is 24.3 Å². The van der Waals surface area contributed by atoms with Crippen LogP contribution in [0.2, 0.25) is 5.02 Å². The third kappa shape index (κ3) is 2.43. The number of aldehydes is 1. The molecule has 0 saturated heterocycles. The van der Waals surface area contributed by atoms with Crippen LogP contribution in [0.25, 0.3) is 6.08 Å². The quantitative estimate of drug-likeness (QED) is 0.533. The molecule has 2 nitrogen and oxygen atoms in total. The highest BCUT2D eigenvalue weighted by Gasteiger charge is 1.97. The first-order chi connectivity index (χ1) is 6.27. The molecule has 1 aromatic carbocycles. The van der Waals surface area contributed by atoms with Crippen molar-refractivity contribution in [2.75, 3.05) is 0 Å². The Morgan fingerprint density at radius 3 is 2.85 bits per heavy atom. The summed E-state index contributed by atoms with van der Waals surface area (Å²) in [6.45, 7) is 0. The summed E-state index contributed by atoms with van der Waals surface area (Å²) < 4.78 is 0. The number of allylic oxidation sites excluding steroid dienone is 1. The summed E-state index contributed by atoms with van der Waals surface area (Å²) in [6, 6.07) is 6.73. The number of nitriles is 1. The standard InChI is InChI=1S/C10H6ClNO/c11-10-4-3-8(7-13)6-9(10)2-1-5-12/h1-4,6-7H. The highest BCUT2D eigenvalue weighted by molar-refractivity contribution is 6.32. The molecule has 0 heterocycles. The van der Waals surface area contributed by atoms with E-state index in [0.717, 1.165) is 6.29 Å². The van der Waals surface area contributed by atoms with E-state index < -0.39 is 0 Å². The van der Waals surface area contributed by atoms with Crippen molar-refractivity contribution >= 4 is 24.0 Å². The summed E-state index contributed by atoms with van der Waals surface area (Å²) in [5.74, 6) is 0. The van der Waals surface area contributed by atoms with Crippen molar-refractivity contribution in [3.05, 3.63) is 40.4 Å². The second-order valence-corrected chi connectivity index (χ2v) is 2.77. The van der Waals surface area contributed by atoms with E-state index in [2.05, 4.69) is 0 Å². The van der Waals surface area contributed by atoms with Gasteiger partial charge in [-0.15, -0.1) is 0 Å². The molecule has 0 amide bonds. The van der Waals surface area contributed by atoms with Crippen LogP contribution in [0.15, 0.2) is 24.3 Å². The van der Waals surface area contributed by atoms with Crippen LogP contribution in [-0.2, 0) is 0 Å². The molecular weight excluding hydrogens is 186 g/mol. The number of carbonyl (C=O) groups excluding carboxylic acids is 1. The zero-order valence-electron chi connectivity index (χ0n) is 6.70. The van der Waals surface area contributed by atoms with Crippen LogP contribution in [0.5, 0.6) is 0 Å². The predicted octanol–water partition coefficient (Wildman–Crippen LogP) is 2.69. The molecule has 0 aromatic heterocycles. The van der Waals surface area contributed by atoms with Gasteiger partial charge < -0.3 is 0 Å². The molecule has 0 aliphatic heterocycles. The number of hydrogen-bond donors (Lipinski definition) is 0. The van der Waals surface area contributed by atoms with Gasteiger partial charge in [0.2, 0.25) is 0 Å². The summed E-state index contributed by atoms with van der Waals surface area (Å²) in [6.07, 6.45) is 3.62. The second-order valence-electron chi connectivity index (χ2n) is 2.36. The lowest BCUT2D eigenvalue weighted by Crippen LogP contribution is -1.81. The van der Waals surface area contributed by atoms with Crippen molar-refractivity contribution in [2.45, 2.75) is 0 Å². The molecule has 1 aromatic rings. The average Bonchev–Trinajstić information content (AvgIpc) is 2.17. The molecule has 0 saturated carbocycles. The summed E-state index contributed by atoms with van der Waals surface area (Å²) in [7, 11) is 0. The zero-order valence-corrected chi connectivity index (χ0v) is 7.45. The topological polar surface area (TPSA) is 40.9 Å². The van der Waals surface area contributed by atoms with Crippen molar-refractivity contribution < 1.29 is 4.79 Å². The van der Waals surface area contributed by atoms with Crippen molar-refractivity contribution in [1.29, 1.82) is 5.26 Å². The van der Waals surface area contributed by atoms with Crippen LogP contribution in [0.3, 0.4) is 0 Å². The monoisotopic (exact) mass is 191 g/mol. The molecule has 0 bridgehead atoms. The molecule has 13 heavy (non-hydrogen) atoms. The summed E-state index contributed by atoms with van der Waals surface area (Å²) in [5.41, 5.74) is 1.22. The van der Waals surface area contributed by atoms with E-state index in [9.17, 15) is 4.79 Å². The smallest absolute Gasteiger partial charge is 0.150 e. The maximum absolute atomic E-state index is 10.4. The fraction of sp³-hybridized carbons (Fsp3) is 0. The first kappa shape index (κ1) is 9.50. The number of benzene rings is 1. The molecule has 0 unspecified atom stereocenters. The maximum atomic E-state index is 10.4. The zero-order chi connectivity index (χ0) is 9.68. The van der Waals surface area contributed by atoms with Crippen LogP contribution in [0.1, 0.15) is 15.9 Å². The minimum absolute atomic E-state index is 0.525. The van der Waals surface area contributed by atoms with Gasteiger partial charge in [0.25, 0.3) is 0 Å². The fourth-order valence-corrected chi connectivity index (χ4v) is 1.07. The lowest BCUT2D eigenvalue weighted by molar-refractivity contribution is 0.112. The van der Waals surface area contributed by atoms with Crippen molar-refractivity contribution in [2.24, 2.45) is 0 Å². The first-order valence-corrected chi connectivity index (χ1v) is 3.96. The minimum atomic E-state index is 0.525. The van der Waals surface area contributed by atoms with Crippen LogP contribution in [-0.4, -0.2) is 6.29 Å². The number of carbonyl (C=O) groups is 1. The molecule has 1 rings (SSSR count). The Hall–Kier alpha value is -1.59. The highest BCUT2D eigenvalue weighted by Crippen LogP contribution is 2.18. The number of nitrogens with zero attached hydrogens (tertiary/aromatic N) is 1. The lowest BCUT2D eigenvalue weighted by Gasteiger charge is -1.97. The molecule has 0 atom stereocenters. The molecule has 3 heteroatoms. The van der Waals surface area contributed by atoms with Crippen molar-refractivity contribution in [3.8, 4) is 6.07 Å². The SMILES string of the molecule is N#CC=Cc1cc(C=O)ccc1Cl. The number of halogens is 1. The van der Waals surface area contributed by atoms with Gasteiger partial charge in [-0.25, -0.2) is 0 Å². The van der Waals surface area contributed by atoms with Gasteiger partial charge in [-0.3, -0.25) is 4.79 Å². The normalized spacial score (nSPS) is 9.85. The largest absolute Gasteiger partial charge is 0.298 e. The summed E-state index contributed by atoms with van der Waals surface area (Å²) in [4.78, 5) is 10.4. The van der Waals surface area contributed by atoms with E-state index in [1.165, 1.54) is 6.08 Å². The van der Waals surface area contributed by atoms with Gasteiger partial charge in [0.05, 0.1) is 6.07 Å². The van der Waals surface area contributed by atoms with Gasteiger partial charge in [-0.2, -0.15) is 5.26 Å². The van der Waals surface area contributed by atoms with Gasteiger partial charge in [-0.1, -0.05) is 17.7 Å². The Balaban J connectivity index is 3.12. The molecule has 0 N–H and O–H groups in total. The molecule has 0 spiro atoms. The Labute approximate surface area is 81.1 Å². The van der Waals surface area contributed by atoms with Gasteiger partial charge in [-0.05, 0) is 23.8 Å². The fourth-order valence-electron chi connectivity index (χ4n) is 0.890. The van der Waals surface area contributed by atoms with E-state index in [1.807, 2.05) is 6.07 Å². The van der Waals surface area contributed by atoms with Gasteiger partial charge in [0, 0.05) is 16.7 Å². The van der Waals surface area contributed by atoms with E-state index in [0.29, 0.717) is 16.1 Å². The van der Waals surface area contributed by atoms with Gasteiger partial charge in [0.15, 0.2) is 0 Å². The molecule has 0 aliphatic rings. The van der Waals surface area contributed by atoms with Crippen LogP contribution >= 0.6 is 11.6 Å². The number of rotatable bonds is 2. The van der Waals surface area contributed by atoms with Crippen LogP contribution in [0, 0.1) is 11.3 Å². The third-order valence-electron chi connectivity index (χ3n) is 1.49. The highest BCUT2D eigenvalue weighted by atomic mass is 35.5. The lowest BCUT2D eigenvalue weighted by atomic mass is 10.1. The van der Waals surface area contributed by atoms with Gasteiger partial charge >= 0.3 is 0 Å². The Morgan fingerprint density at radius 1 is 1.46 bits per heavy atom. The summed E-state index contributed by atoms with van der Waals surface area (Å²) in [5, 5.41) is 8.82. The minimum Gasteiger partial charge on any atom is -0.298 e. The third-order valence-corrected chi connectivity index (χ3v) is 1.84. The molecule has 0 radical (unpaired) electrons. The maximum Gasteiger partial charge on any atom is 0.150 e. The van der Waals surface area contributed by atoms with Crippen molar-refractivity contribution in [3.63, 3.8) is 0 Å². The van der Waals surface area contributed by atoms with E-state index in [4.69, 9.17) is 16.9 Å². The van der Waals surface area contributed by atoms with Crippen LogP contribution < -0.4 is 0 Å². The Morgan fingerprint density at radius 2 is 2.23 bits per heavy atom. The first-order valence-electron chi connectivity index (χ1n) is 3.59. The predicted molar refractivity (Wildman–Crippen MR) is 51.5 cm³/mol. The second kappa shape index (κ2) is 4.44.